The molecule has 0 aromatic carbocycles. The molecule has 1 saturated carbocycles. The molecular formula is C13H22N4O3S. The van der Waals surface area contributed by atoms with E-state index in [0.717, 1.165) is 12.8 Å². The Morgan fingerprint density at radius 1 is 1.48 bits per heavy atom. The number of carbonyl (C=O) groups is 1. The molecule has 0 spiro atoms. The summed E-state index contributed by atoms with van der Waals surface area (Å²) in [6, 6.07) is -0.00453. The van der Waals surface area contributed by atoms with Gasteiger partial charge >= 0.3 is 0 Å². The van der Waals surface area contributed by atoms with Gasteiger partial charge in [-0.25, -0.2) is 13.6 Å². The summed E-state index contributed by atoms with van der Waals surface area (Å²) in [5.74, 6) is -0.0501. The van der Waals surface area contributed by atoms with E-state index < -0.39 is 15.9 Å². The Labute approximate surface area is 124 Å². The fraction of sp³-hybridized carbons (Fsp3) is 0.692. The molecule has 0 radical (unpaired) electrons. The number of nitrogens with zero attached hydrogens (tertiary/aromatic N) is 1. The van der Waals surface area contributed by atoms with Crippen LogP contribution in [0.2, 0.25) is 0 Å². The van der Waals surface area contributed by atoms with Gasteiger partial charge < -0.3 is 5.32 Å². The van der Waals surface area contributed by atoms with Crippen LogP contribution in [0.25, 0.3) is 0 Å². The third-order valence-electron chi connectivity index (χ3n) is 4.11. The molecule has 1 heterocycles. The number of aromatic nitrogens is 2. The van der Waals surface area contributed by atoms with Crippen molar-refractivity contribution < 1.29 is 13.2 Å². The Morgan fingerprint density at radius 3 is 2.62 bits per heavy atom. The highest BCUT2D eigenvalue weighted by molar-refractivity contribution is 7.89. The van der Waals surface area contributed by atoms with E-state index in [1.807, 2.05) is 6.92 Å². The number of amides is 1. The summed E-state index contributed by atoms with van der Waals surface area (Å²) in [5.41, 5.74) is 0.218. The predicted molar refractivity (Wildman–Crippen MR) is 78.2 cm³/mol. The second-order valence-electron chi connectivity index (χ2n) is 5.59. The van der Waals surface area contributed by atoms with Gasteiger partial charge in [0.15, 0.2) is 5.69 Å². The Kier molecular flexibility index (Phi) is 4.67. The van der Waals surface area contributed by atoms with Crippen molar-refractivity contribution in [1.29, 1.82) is 0 Å². The average molecular weight is 314 g/mol. The number of H-pyrrole nitrogens is 1. The quantitative estimate of drug-likeness (QED) is 0.749. The molecular weight excluding hydrogens is 292 g/mol. The van der Waals surface area contributed by atoms with Crippen molar-refractivity contribution in [3.63, 3.8) is 0 Å². The first-order valence-electron chi connectivity index (χ1n) is 7.25. The van der Waals surface area contributed by atoms with Crippen LogP contribution in [0.3, 0.4) is 0 Å². The van der Waals surface area contributed by atoms with Gasteiger partial charge in [-0.3, -0.25) is 9.89 Å². The molecule has 8 heteroatoms. The lowest BCUT2D eigenvalue weighted by Gasteiger charge is -2.19. The summed E-state index contributed by atoms with van der Waals surface area (Å²) in [7, 11) is -3.99. The van der Waals surface area contributed by atoms with Gasteiger partial charge in [0.2, 0.25) is 10.0 Å². The zero-order valence-corrected chi connectivity index (χ0v) is 13.2. The van der Waals surface area contributed by atoms with Crippen molar-refractivity contribution in [3.05, 3.63) is 11.4 Å². The lowest BCUT2D eigenvalue weighted by atomic mass is 10.00. The molecule has 1 unspecified atom stereocenters. The molecule has 7 nitrogen and oxygen atoms in total. The van der Waals surface area contributed by atoms with Crippen LogP contribution >= 0.6 is 0 Å². The minimum Gasteiger partial charge on any atom is -0.348 e. The van der Waals surface area contributed by atoms with Crippen molar-refractivity contribution in [2.75, 3.05) is 0 Å². The number of nitrogens with two attached hydrogens (primary N) is 1. The number of aryl methyl sites for hydroxylation is 1. The highest BCUT2D eigenvalue weighted by Gasteiger charge is 2.29. The highest BCUT2D eigenvalue weighted by Crippen LogP contribution is 2.28. The highest BCUT2D eigenvalue weighted by atomic mass is 32.2. The number of rotatable bonds is 5. The lowest BCUT2D eigenvalue weighted by molar-refractivity contribution is 0.0918. The zero-order chi connectivity index (χ0) is 15.6. The van der Waals surface area contributed by atoms with Gasteiger partial charge in [0.05, 0.1) is 5.69 Å². The third kappa shape index (κ3) is 3.44. The fourth-order valence-electron chi connectivity index (χ4n) is 2.92. The molecule has 21 heavy (non-hydrogen) atoms. The van der Waals surface area contributed by atoms with Crippen molar-refractivity contribution in [2.24, 2.45) is 11.1 Å². The van der Waals surface area contributed by atoms with Crippen LogP contribution in [-0.4, -0.2) is 30.6 Å². The van der Waals surface area contributed by atoms with Crippen LogP contribution in [-0.2, 0) is 16.4 Å². The molecule has 1 aromatic heterocycles. The van der Waals surface area contributed by atoms with Gasteiger partial charge in [-0.2, -0.15) is 5.10 Å². The van der Waals surface area contributed by atoms with Crippen LogP contribution in [0.5, 0.6) is 0 Å². The van der Waals surface area contributed by atoms with Gasteiger partial charge in [0.1, 0.15) is 4.90 Å². The van der Waals surface area contributed by atoms with Gasteiger partial charge in [0, 0.05) is 6.04 Å². The first-order valence-corrected chi connectivity index (χ1v) is 8.80. The largest absolute Gasteiger partial charge is 0.348 e. The topological polar surface area (TPSA) is 118 Å². The Hall–Kier alpha value is -1.41. The van der Waals surface area contributed by atoms with E-state index in [0.29, 0.717) is 18.0 Å². The van der Waals surface area contributed by atoms with Crippen molar-refractivity contribution in [1.82, 2.24) is 15.5 Å². The predicted octanol–water partition coefficient (Wildman–Crippen LogP) is 0.928. The minimum atomic E-state index is -3.99. The van der Waals surface area contributed by atoms with Crippen LogP contribution in [0.1, 0.15) is 55.7 Å². The van der Waals surface area contributed by atoms with Gasteiger partial charge in [-0.1, -0.05) is 19.8 Å². The van der Waals surface area contributed by atoms with Crippen molar-refractivity contribution >= 4 is 15.9 Å². The number of hydrogen-bond acceptors (Lipinski definition) is 4. The van der Waals surface area contributed by atoms with Crippen LogP contribution in [0, 0.1) is 5.92 Å². The molecule has 1 aliphatic carbocycles. The normalized spacial score (nSPS) is 17.9. The van der Waals surface area contributed by atoms with E-state index in [9.17, 15) is 13.2 Å². The number of hydrogen-bond donors (Lipinski definition) is 3. The summed E-state index contributed by atoms with van der Waals surface area (Å²) >= 11 is 0. The molecule has 0 saturated heterocycles. The summed E-state index contributed by atoms with van der Waals surface area (Å²) in [4.78, 5) is 12.1. The summed E-state index contributed by atoms with van der Waals surface area (Å²) in [5, 5.41) is 14.5. The number of primary sulfonamides is 1. The number of sulfonamides is 1. The van der Waals surface area contributed by atoms with Gasteiger partial charge in [-0.05, 0) is 32.1 Å². The second-order valence-corrected chi connectivity index (χ2v) is 7.08. The summed E-state index contributed by atoms with van der Waals surface area (Å²) in [6.07, 6.45) is 4.93. The van der Waals surface area contributed by atoms with Crippen molar-refractivity contribution in [3.8, 4) is 0 Å². The monoisotopic (exact) mass is 314 g/mol. The molecule has 2 rings (SSSR count). The molecule has 0 aliphatic heterocycles. The smallest absolute Gasteiger partial charge is 0.273 e. The molecule has 1 amide bonds. The molecule has 1 atom stereocenters. The molecule has 118 valence electrons. The van der Waals surface area contributed by atoms with Gasteiger partial charge in [0.25, 0.3) is 5.91 Å². The maximum Gasteiger partial charge on any atom is 0.273 e. The Balaban J connectivity index is 2.21. The molecule has 1 aliphatic rings. The number of carbonyl (C=O) groups excluding carboxylic acids is 1. The maximum absolute atomic E-state index is 12.3. The second kappa shape index (κ2) is 6.15. The third-order valence-corrected chi connectivity index (χ3v) is 5.12. The number of nitrogens with one attached hydrogen (secondary N) is 2. The standard InChI is InChI=1S/C13H22N4O3S/c1-3-10-12(21(14,19)20)11(17-16-10)13(18)15-8(2)9-6-4-5-7-9/h8-9H,3-7H2,1-2H3,(H,15,18)(H,16,17)(H2,14,19,20). The van der Waals surface area contributed by atoms with Crippen LogP contribution < -0.4 is 10.5 Å². The lowest BCUT2D eigenvalue weighted by Crippen LogP contribution is -2.38. The maximum atomic E-state index is 12.3. The summed E-state index contributed by atoms with van der Waals surface area (Å²) < 4.78 is 23.4. The van der Waals surface area contributed by atoms with E-state index in [-0.39, 0.29) is 16.6 Å². The first-order chi connectivity index (χ1) is 9.84. The van der Waals surface area contributed by atoms with E-state index in [1.165, 1.54) is 12.8 Å². The van der Waals surface area contributed by atoms with E-state index in [4.69, 9.17) is 5.14 Å². The molecule has 1 aromatic rings. The van der Waals surface area contributed by atoms with E-state index in [1.54, 1.807) is 6.92 Å². The zero-order valence-electron chi connectivity index (χ0n) is 12.3. The fourth-order valence-corrected chi connectivity index (χ4v) is 3.86. The van der Waals surface area contributed by atoms with Gasteiger partial charge in [-0.15, -0.1) is 0 Å². The Bertz CT molecular complexity index is 617. The minimum absolute atomic E-state index is 0.00453. The SMILES string of the molecule is CCc1[nH]nc(C(=O)NC(C)C2CCCC2)c1S(N)(=O)=O. The van der Waals surface area contributed by atoms with Crippen molar-refractivity contribution in [2.45, 2.75) is 56.9 Å². The van der Waals surface area contributed by atoms with Crippen LogP contribution in [0.15, 0.2) is 4.90 Å². The van der Waals surface area contributed by atoms with E-state index >= 15 is 0 Å². The first kappa shape index (κ1) is 16.0. The molecule has 4 N–H and O–H groups in total. The van der Waals surface area contributed by atoms with E-state index in [2.05, 4.69) is 15.5 Å². The summed E-state index contributed by atoms with van der Waals surface area (Å²) in [6.45, 7) is 3.71. The molecule has 1 fully saturated rings. The van der Waals surface area contributed by atoms with Crippen LogP contribution in [0.4, 0.5) is 0 Å². The molecule has 0 bridgehead atoms. The Morgan fingerprint density at radius 2 is 2.10 bits per heavy atom. The number of aromatic amines is 1. The average Bonchev–Trinajstić information content (AvgIpc) is 3.06.